The topological polar surface area (TPSA) is 72.5 Å². The second kappa shape index (κ2) is 12.1. The van der Waals surface area contributed by atoms with E-state index < -0.39 is 0 Å². The van der Waals surface area contributed by atoms with Crippen LogP contribution in [0.1, 0.15) is 25.7 Å². The molecule has 174 valence electrons. The van der Waals surface area contributed by atoms with E-state index in [1.807, 2.05) is 0 Å². The van der Waals surface area contributed by atoms with E-state index in [1.165, 1.54) is 25.8 Å². The van der Waals surface area contributed by atoms with Crippen molar-refractivity contribution in [2.75, 3.05) is 79.1 Å². The lowest BCUT2D eigenvalue weighted by atomic mass is 9.93. The molecule has 1 N–H and O–H groups in total. The molecule has 2 saturated heterocycles. The average Bonchev–Trinajstić information content (AvgIpc) is 2.82. The van der Waals surface area contributed by atoms with Crippen molar-refractivity contribution in [3.8, 4) is 17.2 Å². The summed E-state index contributed by atoms with van der Waals surface area (Å²) in [5.41, 5.74) is 0.640. The Labute approximate surface area is 185 Å². The van der Waals surface area contributed by atoms with Gasteiger partial charge in [-0.3, -0.25) is 9.69 Å². The Morgan fingerprint density at radius 3 is 2.16 bits per heavy atom. The molecule has 0 aliphatic carbocycles. The predicted molar refractivity (Wildman–Crippen MR) is 120 cm³/mol. The molecule has 0 radical (unpaired) electrons. The van der Waals surface area contributed by atoms with E-state index in [0.29, 0.717) is 29.4 Å². The van der Waals surface area contributed by atoms with E-state index in [2.05, 4.69) is 15.1 Å². The fraction of sp³-hybridized carbons (Fsp3) is 0.696. The Kier molecular flexibility index (Phi) is 9.24. The van der Waals surface area contributed by atoms with Crippen LogP contribution in [0.5, 0.6) is 17.2 Å². The zero-order valence-corrected chi connectivity index (χ0v) is 19.2. The van der Waals surface area contributed by atoms with E-state index in [4.69, 9.17) is 18.9 Å². The van der Waals surface area contributed by atoms with Crippen LogP contribution >= 0.6 is 0 Å². The van der Waals surface area contributed by atoms with Gasteiger partial charge in [0.25, 0.3) is 0 Å². The van der Waals surface area contributed by atoms with E-state index in [9.17, 15) is 4.79 Å². The number of ether oxygens (including phenoxy) is 4. The van der Waals surface area contributed by atoms with Crippen LogP contribution in [0.25, 0.3) is 0 Å². The number of piperidine rings is 1. The lowest BCUT2D eigenvalue weighted by Gasteiger charge is -2.33. The van der Waals surface area contributed by atoms with Crippen molar-refractivity contribution in [3.05, 3.63) is 12.1 Å². The normalized spacial score (nSPS) is 18.5. The molecule has 2 aliphatic rings. The summed E-state index contributed by atoms with van der Waals surface area (Å²) in [5.74, 6) is 2.35. The van der Waals surface area contributed by atoms with Gasteiger partial charge in [-0.05, 0) is 44.8 Å². The van der Waals surface area contributed by atoms with Gasteiger partial charge < -0.3 is 29.2 Å². The smallest absolute Gasteiger partial charge is 0.225 e. The maximum absolute atomic E-state index is 12.5. The summed E-state index contributed by atoms with van der Waals surface area (Å²) >= 11 is 0. The molecule has 1 amide bonds. The van der Waals surface area contributed by atoms with Crippen molar-refractivity contribution in [1.29, 1.82) is 0 Å². The van der Waals surface area contributed by atoms with E-state index in [-0.39, 0.29) is 5.91 Å². The third kappa shape index (κ3) is 6.98. The molecular formula is C23H37N3O5. The number of likely N-dealkylation sites (tertiary alicyclic amines) is 1. The van der Waals surface area contributed by atoms with Crippen molar-refractivity contribution in [1.82, 2.24) is 9.80 Å². The third-order valence-corrected chi connectivity index (χ3v) is 6.27. The number of methoxy groups -OCH3 is 3. The second-order valence-corrected chi connectivity index (χ2v) is 8.24. The number of benzene rings is 1. The Morgan fingerprint density at radius 1 is 0.968 bits per heavy atom. The highest BCUT2D eigenvalue weighted by atomic mass is 16.5. The van der Waals surface area contributed by atoms with Crippen molar-refractivity contribution in [3.63, 3.8) is 0 Å². The van der Waals surface area contributed by atoms with Gasteiger partial charge in [-0.2, -0.15) is 0 Å². The molecule has 31 heavy (non-hydrogen) atoms. The monoisotopic (exact) mass is 435 g/mol. The highest BCUT2D eigenvalue weighted by Gasteiger charge is 2.21. The van der Waals surface area contributed by atoms with Crippen molar-refractivity contribution in [2.45, 2.75) is 25.7 Å². The third-order valence-electron chi connectivity index (χ3n) is 6.27. The number of rotatable bonds is 10. The summed E-state index contributed by atoms with van der Waals surface area (Å²) in [5, 5.41) is 2.95. The largest absolute Gasteiger partial charge is 0.493 e. The first-order valence-electron chi connectivity index (χ1n) is 11.2. The minimum Gasteiger partial charge on any atom is -0.493 e. The summed E-state index contributed by atoms with van der Waals surface area (Å²) in [6.45, 7) is 8.00. The zero-order valence-electron chi connectivity index (χ0n) is 19.2. The molecule has 0 bridgehead atoms. The number of hydrogen-bond donors (Lipinski definition) is 1. The molecule has 2 heterocycles. The molecule has 2 aliphatic heterocycles. The summed E-state index contributed by atoms with van der Waals surface area (Å²) in [6.07, 6.45) is 4.18. The minimum absolute atomic E-state index is 0.0105. The molecule has 0 aromatic heterocycles. The zero-order chi connectivity index (χ0) is 22.1. The first kappa shape index (κ1) is 23.6. The number of hydrogen-bond acceptors (Lipinski definition) is 7. The first-order chi connectivity index (χ1) is 15.1. The Hall–Kier alpha value is -2.03. The molecule has 1 aromatic rings. The summed E-state index contributed by atoms with van der Waals surface area (Å²) in [4.78, 5) is 17.4. The van der Waals surface area contributed by atoms with Gasteiger partial charge in [0, 0.05) is 43.9 Å². The number of carbonyl (C=O) groups is 1. The van der Waals surface area contributed by atoms with Gasteiger partial charge in [0.2, 0.25) is 11.7 Å². The fourth-order valence-electron chi connectivity index (χ4n) is 4.33. The molecule has 0 atom stereocenters. The fourth-order valence-corrected chi connectivity index (χ4v) is 4.33. The molecule has 8 nitrogen and oxygen atoms in total. The van der Waals surface area contributed by atoms with Crippen LogP contribution in [0, 0.1) is 5.92 Å². The number of anilines is 1. The maximum Gasteiger partial charge on any atom is 0.225 e. The molecule has 0 unspecified atom stereocenters. The Morgan fingerprint density at radius 2 is 1.58 bits per heavy atom. The van der Waals surface area contributed by atoms with Gasteiger partial charge in [0.05, 0.1) is 34.5 Å². The van der Waals surface area contributed by atoms with Gasteiger partial charge in [0.15, 0.2) is 11.5 Å². The number of amides is 1. The van der Waals surface area contributed by atoms with Gasteiger partial charge in [-0.1, -0.05) is 0 Å². The van der Waals surface area contributed by atoms with Crippen LogP contribution in [0.3, 0.4) is 0 Å². The highest BCUT2D eigenvalue weighted by molar-refractivity contribution is 5.91. The lowest BCUT2D eigenvalue weighted by molar-refractivity contribution is -0.116. The number of nitrogens with zero attached hydrogens (tertiary/aromatic N) is 2. The van der Waals surface area contributed by atoms with Gasteiger partial charge >= 0.3 is 0 Å². The number of carbonyl (C=O) groups excluding carboxylic acids is 1. The van der Waals surface area contributed by atoms with Gasteiger partial charge in [0.1, 0.15) is 0 Å². The first-order valence-corrected chi connectivity index (χ1v) is 11.2. The predicted octanol–water partition coefficient (Wildman–Crippen LogP) is 2.48. The van der Waals surface area contributed by atoms with Gasteiger partial charge in [-0.25, -0.2) is 0 Å². The maximum atomic E-state index is 12.5. The van der Waals surface area contributed by atoms with Crippen molar-refractivity contribution in [2.24, 2.45) is 5.92 Å². The van der Waals surface area contributed by atoms with Gasteiger partial charge in [-0.15, -0.1) is 0 Å². The molecule has 2 fully saturated rings. The van der Waals surface area contributed by atoms with Crippen LogP contribution < -0.4 is 19.5 Å². The Bertz CT molecular complexity index is 675. The molecule has 3 rings (SSSR count). The van der Waals surface area contributed by atoms with E-state index in [0.717, 1.165) is 51.9 Å². The van der Waals surface area contributed by atoms with Crippen LogP contribution in [0.4, 0.5) is 5.69 Å². The molecule has 8 heteroatoms. The molecule has 0 spiro atoms. The van der Waals surface area contributed by atoms with Crippen molar-refractivity contribution < 1.29 is 23.7 Å². The standard InChI is InChI=1S/C23H37N3O5/c1-28-20-16-19(17-21(29-2)23(20)30-3)24-22(27)7-11-25-8-4-18(5-9-25)6-10-26-12-14-31-15-13-26/h16-18H,4-15H2,1-3H3,(H,24,27). The van der Waals surface area contributed by atoms with E-state index in [1.54, 1.807) is 33.5 Å². The van der Waals surface area contributed by atoms with Crippen LogP contribution in [0.2, 0.25) is 0 Å². The number of nitrogens with one attached hydrogen (secondary N) is 1. The van der Waals surface area contributed by atoms with Crippen molar-refractivity contribution >= 4 is 11.6 Å². The molecular weight excluding hydrogens is 398 g/mol. The second-order valence-electron chi connectivity index (χ2n) is 8.24. The average molecular weight is 436 g/mol. The van der Waals surface area contributed by atoms with Crippen LogP contribution in [-0.2, 0) is 9.53 Å². The van der Waals surface area contributed by atoms with E-state index >= 15 is 0 Å². The molecule has 1 aromatic carbocycles. The molecule has 0 saturated carbocycles. The highest BCUT2D eigenvalue weighted by Crippen LogP contribution is 2.39. The summed E-state index contributed by atoms with van der Waals surface area (Å²) < 4.78 is 21.5. The SMILES string of the molecule is COc1cc(NC(=O)CCN2CCC(CCN3CCOCC3)CC2)cc(OC)c1OC. The lowest BCUT2D eigenvalue weighted by Crippen LogP contribution is -2.39. The Balaban J connectivity index is 1.38. The number of morpholine rings is 1. The van der Waals surface area contributed by atoms with Crippen LogP contribution in [0.15, 0.2) is 12.1 Å². The summed E-state index contributed by atoms with van der Waals surface area (Å²) in [6, 6.07) is 3.50. The minimum atomic E-state index is -0.0105. The quantitative estimate of drug-likeness (QED) is 0.605. The van der Waals surface area contributed by atoms with Crippen LogP contribution in [-0.4, -0.2) is 89.5 Å². The summed E-state index contributed by atoms with van der Waals surface area (Å²) in [7, 11) is 4.69.